The van der Waals surface area contributed by atoms with E-state index in [1.807, 2.05) is 0 Å². The first kappa shape index (κ1) is 21.6. The third kappa shape index (κ3) is 5.16. The molecule has 1 aliphatic carbocycles. The molecule has 9 heteroatoms. The highest BCUT2D eigenvalue weighted by molar-refractivity contribution is 9.10. The normalized spacial score (nSPS) is 13.5. The Morgan fingerprint density at radius 3 is 2.81 bits per heavy atom. The third-order valence-electron chi connectivity index (χ3n) is 5.19. The van der Waals surface area contributed by atoms with Crippen LogP contribution in [-0.4, -0.2) is 33.5 Å². The predicted octanol–water partition coefficient (Wildman–Crippen LogP) is 3.86. The van der Waals surface area contributed by atoms with Gasteiger partial charge in [0, 0.05) is 34.4 Å². The number of nitrogens with one attached hydrogen (secondary N) is 1. The van der Waals surface area contributed by atoms with Crippen LogP contribution in [0.1, 0.15) is 40.0 Å². The standard InChI is InChI=1S/C22H20BrF2N3O3/c23-15-4-3-14(19(24)6-15)5-17-18(20(29)11-31-10-13-1-2-13)9-28(22(30)21(17)25)8-16-7-26-12-27-16/h3-4,6-7,9,12-13H,1-2,5,8,10-11H2,(H,26,27). The van der Waals surface area contributed by atoms with Gasteiger partial charge in [0.1, 0.15) is 12.4 Å². The maximum atomic E-state index is 15.2. The molecule has 2 aromatic heterocycles. The molecule has 1 fully saturated rings. The Bertz CT molecular complexity index is 1160. The summed E-state index contributed by atoms with van der Waals surface area (Å²) in [4.78, 5) is 32.3. The number of benzene rings is 1. The number of pyridine rings is 1. The minimum atomic E-state index is -1.07. The topological polar surface area (TPSA) is 77.0 Å². The summed E-state index contributed by atoms with van der Waals surface area (Å²) < 4.78 is 36.7. The molecule has 1 aliphatic rings. The van der Waals surface area contributed by atoms with E-state index in [-0.39, 0.29) is 36.3 Å². The van der Waals surface area contributed by atoms with Crippen molar-refractivity contribution in [2.24, 2.45) is 5.92 Å². The minimum absolute atomic E-state index is 0.00901. The number of hydrogen-bond donors (Lipinski definition) is 1. The number of halogens is 3. The second-order valence-corrected chi connectivity index (χ2v) is 8.56. The van der Waals surface area contributed by atoms with Gasteiger partial charge in [0.25, 0.3) is 5.56 Å². The number of hydrogen-bond acceptors (Lipinski definition) is 4. The van der Waals surface area contributed by atoms with Crippen LogP contribution in [0.2, 0.25) is 0 Å². The average Bonchev–Trinajstić information content (AvgIpc) is 3.42. The van der Waals surface area contributed by atoms with Crippen molar-refractivity contribution in [3.8, 4) is 0 Å². The molecule has 0 amide bonds. The smallest absolute Gasteiger partial charge is 0.287 e. The van der Waals surface area contributed by atoms with Crippen LogP contribution in [0, 0.1) is 17.6 Å². The Labute approximate surface area is 185 Å². The highest BCUT2D eigenvalue weighted by atomic mass is 79.9. The fourth-order valence-corrected chi connectivity index (χ4v) is 3.62. The van der Waals surface area contributed by atoms with E-state index >= 15 is 4.39 Å². The van der Waals surface area contributed by atoms with Crippen LogP contribution < -0.4 is 5.56 Å². The van der Waals surface area contributed by atoms with Crippen molar-refractivity contribution in [2.45, 2.75) is 25.8 Å². The second-order valence-electron chi connectivity index (χ2n) is 7.64. The molecule has 4 rings (SSSR count). The second kappa shape index (κ2) is 9.23. The number of nitrogens with zero attached hydrogens (tertiary/aromatic N) is 2. The average molecular weight is 492 g/mol. The largest absolute Gasteiger partial charge is 0.373 e. The highest BCUT2D eigenvalue weighted by Gasteiger charge is 2.24. The summed E-state index contributed by atoms with van der Waals surface area (Å²) in [6.45, 7) is 0.262. The van der Waals surface area contributed by atoms with Crippen LogP contribution in [0.5, 0.6) is 0 Å². The summed E-state index contributed by atoms with van der Waals surface area (Å²) in [7, 11) is 0. The summed E-state index contributed by atoms with van der Waals surface area (Å²) in [6.07, 6.45) is 6.20. The zero-order chi connectivity index (χ0) is 22.0. The molecule has 6 nitrogen and oxygen atoms in total. The number of Topliss-reactive ketones (excluding diaryl/α,β-unsaturated/α-hetero) is 1. The van der Waals surface area contributed by atoms with E-state index < -0.39 is 23.0 Å². The highest BCUT2D eigenvalue weighted by Crippen LogP contribution is 2.29. The fraction of sp³-hybridized carbons (Fsp3) is 0.318. The molecule has 162 valence electrons. The monoisotopic (exact) mass is 491 g/mol. The number of aromatic amines is 1. The van der Waals surface area contributed by atoms with E-state index in [9.17, 15) is 14.0 Å². The summed E-state index contributed by atoms with van der Waals surface area (Å²) in [6, 6.07) is 4.37. The Hall–Kier alpha value is -2.65. The lowest BCUT2D eigenvalue weighted by Gasteiger charge is -2.14. The van der Waals surface area contributed by atoms with Crippen LogP contribution >= 0.6 is 15.9 Å². The summed E-state index contributed by atoms with van der Waals surface area (Å²) in [5.74, 6) is -1.62. The number of carbonyl (C=O) groups is 1. The van der Waals surface area contributed by atoms with Gasteiger partial charge in [-0.2, -0.15) is 0 Å². The molecule has 0 bridgehead atoms. The number of H-pyrrole nitrogens is 1. The lowest BCUT2D eigenvalue weighted by Crippen LogP contribution is -2.28. The molecular weight excluding hydrogens is 472 g/mol. The maximum Gasteiger partial charge on any atom is 0.287 e. The van der Waals surface area contributed by atoms with Gasteiger partial charge in [-0.15, -0.1) is 0 Å². The zero-order valence-corrected chi connectivity index (χ0v) is 18.1. The first-order valence-corrected chi connectivity index (χ1v) is 10.7. The van der Waals surface area contributed by atoms with E-state index in [0.717, 1.165) is 17.4 Å². The third-order valence-corrected chi connectivity index (χ3v) is 5.68. The van der Waals surface area contributed by atoms with E-state index in [1.165, 1.54) is 30.9 Å². The lowest BCUT2D eigenvalue weighted by molar-refractivity contribution is 0.0737. The van der Waals surface area contributed by atoms with Gasteiger partial charge in [-0.1, -0.05) is 22.0 Å². The van der Waals surface area contributed by atoms with E-state index in [1.54, 1.807) is 6.07 Å². The predicted molar refractivity (Wildman–Crippen MR) is 113 cm³/mol. The van der Waals surface area contributed by atoms with Crippen molar-refractivity contribution in [3.05, 3.63) is 85.8 Å². The van der Waals surface area contributed by atoms with Crippen molar-refractivity contribution in [1.29, 1.82) is 0 Å². The van der Waals surface area contributed by atoms with Gasteiger partial charge in [-0.05, 0) is 36.5 Å². The van der Waals surface area contributed by atoms with Crippen LogP contribution in [0.4, 0.5) is 8.78 Å². The van der Waals surface area contributed by atoms with Gasteiger partial charge in [-0.25, -0.2) is 13.8 Å². The summed E-state index contributed by atoms with van der Waals surface area (Å²) >= 11 is 3.18. The maximum absolute atomic E-state index is 15.2. The van der Waals surface area contributed by atoms with Gasteiger partial charge in [0.15, 0.2) is 11.6 Å². The van der Waals surface area contributed by atoms with Crippen molar-refractivity contribution in [2.75, 3.05) is 13.2 Å². The van der Waals surface area contributed by atoms with Gasteiger partial charge in [0.2, 0.25) is 0 Å². The quantitative estimate of drug-likeness (QED) is 0.461. The van der Waals surface area contributed by atoms with Gasteiger partial charge in [-0.3, -0.25) is 9.59 Å². The number of aromatic nitrogens is 3. The molecule has 0 unspecified atom stereocenters. The van der Waals surface area contributed by atoms with Crippen LogP contribution in [0.15, 0.2) is 46.2 Å². The Kier molecular flexibility index (Phi) is 6.43. The molecule has 0 atom stereocenters. The van der Waals surface area contributed by atoms with Crippen LogP contribution in [0.25, 0.3) is 0 Å². The first-order chi connectivity index (χ1) is 14.9. The molecule has 1 N–H and O–H groups in total. The van der Waals surface area contributed by atoms with Crippen molar-refractivity contribution >= 4 is 21.7 Å². The number of imidazole rings is 1. The molecule has 0 spiro atoms. The van der Waals surface area contributed by atoms with E-state index in [4.69, 9.17) is 4.74 Å². The Morgan fingerprint density at radius 2 is 2.13 bits per heavy atom. The summed E-state index contributed by atoms with van der Waals surface area (Å²) in [5, 5.41) is 0. The van der Waals surface area contributed by atoms with Crippen molar-refractivity contribution in [1.82, 2.24) is 14.5 Å². The molecule has 0 radical (unpaired) electrons. The zero-order valence-electron chi connectivity index (χ0n) is 16.5. The molecular formula is C22H20BrF2N3O3. The lowest BCUT2D eigenvalue weighted by atomic mass is 9.98. The summed E-state index contributed by atoms with van der Waals surface area (Å²) in [5.41, 5.74) is -0.253. The van der Waals surface area contributed by atoms with Crippen LogP contribution in [0.3, 0.4) is 0 Å². The Morgan fingerprint density at radius 1 is 1.32 bits per heavy atom. The molecule has 0 saturated heterocycles. The SMILES string of the molecule is O=C(COCC1CC1)c1cn(Cc2cnc[nH]2)c(=O)c(F)c1Cc1ccc(Br)cc1F. The number of ketones is 1. The van der Waals surface area contributed by atoms with Crippen LogP contribution in [-0.2, 0) is 17.7 Å². The van der Waals surface area contributed by atoms with E-state index in [2.05, 4.69) is 25.9 Å². The molecule has 0 aliphatic heterocycles. The number of ether oxygens (including phenoxy) is 1. The molecule has 2 heterocycles. The van der Waals surface area contributed by atoms with Gasteiger partial charge >= 0.3 is 0 Å². The Balaban J connectivity index is 1.70. The molecule has 1 saturated carbocycles. The van der Waals surface area contributed by atoms with Gasteiger partial charge < -0.3 is 14.3 Å². The minimum Gasteiger partial charge on any atom is -0.373 e. The van der Waals surface area contributed by atoms with E-state index in [0.29, 0.717) is 22.7 Å². The van der Waals surface area contributed by atoms with Crippen molar-refractivity contribution in [3.63, 3.8) is 0 Å². The fourth-order valence-electron chi connectivity index (χ4n) is 3.29. The number of rotatable bonds is 9. The van der Waals surface area contributed by atoms with Crippen molar-refractivity contribution < 1.29 is 18.3 Å². The number of carbonyl (C=O) groups excluding carboxylic acids is 1. The molecule has 3 aromatic rings. The first-order valence-electron chi connectivity index (χ1n) is 9.86. The molecule has 31 heavy (non-hydrogen) atoms. The van der Waals surface area contributed by atoms with Gasteiger partial charge in [0.05, 0.1) is 25.2 Å². The molecule has 1 aromatic carbocycles.